The average molecular weight is 249 g/mol. The molecule has 1 saturated heterocycles. The van der Waals surface area contributed by atoms with E-state index in [2.05, 4.69) is 23.1 Å². The van der Waals surface area contributed by atoms with Crippen molar-refractivity contribution in [3.8, 4) is 0 Å². The lowest BCUT2D eigenvalue weighted by atomic mass is 9.98. The molecule has 0 spiro atoms. The predicted octanol–water partition coefficient (Wildman–Crippen LogP) is 1.88. The van der Waals surface area contributed by atoms with E-state index in [1.165, 1.54) is 18.4 Å². The fraction of sp³-hybridized carbons (Fsp3) is 0.714. The fourth-order valence-electron chi connectivity index (χ4n) is 2.64. The minimum absolute atomic E-state index is 0.352. The van der Waals surface area contributed by atoms with Gasteiger partial charge in [0, 0.05) is 25.7 Å². The van der Waals surface area contributed by atoms with Crippen molar-refractivity contribution < 1.29 is 4.79 Å². The highest BCUT2D eigenvalue weighted by molar-refractivity contribution is 5.80. The molecule has 0 bridgehead atoms. The van der Waals surface area contributed by atoms with Crippen molar-refractivity contribution in [2.45, 2.75) is 39.7 Å². The highest BCUT2D eigenvalue weighted by Crippen LogP contribution is 2.18. The third-order valence-electron chi connectivity index (χ3n) is 3.61. The van der Waals surface area contributed by atoms with Crippen LogP contribution in [0.5, 0.6) is 0 Å². The molecule has 0 radical (unpaired) electrons. The molecule has 1 aliphatic heterocycles. The molecular weight excluding hydrogens is 226 g/mol. The SMILES string of the molecule is CCC(=O)CN1CCC[C@H](Cn2cc(C)cn2)C1. The van der Waals surface area contributed by atoms with E-state index in [1.54, 1.807) is 0 Å². The van der Waals surface area contributed by atoms with E-state index in [9.17, 15) is 4.79 Å². The summed E-state index contributed by atoms with van der Waals surface area (Å²) < 4.78 is 2.03. The zero-order chi connectivity index (χ0) is 13.0. The average Bonchev–Trinajstić information content (AvgIpc) is 2.75. The summed E-state index contributed by atoms with van der Waals surface area (Å²) in [7, 11) is 0. The van der Waals surface area contributed by atoms with Gasteiger partial charge in [-0.3, -0.25) is 14.4 Å². The molecule has 1 aromatic rings. The van der Waals surface area contributed by atoms with Crippen LogP contribution in [0.25, 0.3) is 0 Å². The summed E-state index contributed by atoms with van der Waals surface area (Å²) >= 11 is 0. The number of aryl methyl sites for hydroxylation is 1. The maximum Gasteiger partial charge on any atom is 0.146 e. The predicted molar refractivity (Wildman–Crippen MR) is 71.4 cm³/mol. The minimum atomic E-state index is 0.352. The number of hydrogen-bond donors (Lipinski definition) is 0. The molecule has 1 aromatic heterocycles. The Bertz CT molecular complexity index is 399. The van der Waals surface area contributed by atoms with Gasteiger partial charge in [0.1, 0.15) is 5.78 Å². The summed E-state index contributed by atoms with van der Waals surface area (Å²) in [5, 5.41) is 4.34. The van der Waals surface area contributed by atoms with Gasteiger partial charge in [0.15, 0.2) is 0 Å². The number of piperidine rings is 1. The number of rotatable bonds is 5. The number of Topliss-reactive ketones (excluding diaryl/α,β-unsaturated/α-hetero) is 1. The lowest BCUT2D eigenvalue weighted by Crippen LogP contribution is -2.40. The lowest BCUT2D eigenvalue weighted by Gasteiger charge is -2.32. The Kier molecular flexibility index (Phi) is 4.53. The van der Waals surface area contributed by atoms with Crippen LogP contribution in [0.2, 0.25) is 0 Å². The van der Waals surface area contributed by atoms with Gasteiger partial charge in [-0.1, -0.05) is 6.92 Å². The van der Waals surface area contributed by atoms with Crippen LogP contribution in [0.15, 0.2) is 12.4 Å². The molecule has 0 aromatic carbocycles. The third-order valence-corrected chi connectivity index (χ3v) is 3.61. The molecule has 2 heterocycles. The van der Waals surface area contributed by atoms with Crippen molar-refractivity contribution >= 4 is 5.78 Å². The Morgan fingerprint density at radius 1 is 1.56 bits per heavy atom. The molecule has 0 N–H and O–H groups in total. The zero-order valence-corrected chi connectivity index (χ0v) is 11.4. The van der Waals surface area contributed by atoms with Gasteiger partial charge in [-0.05, 0) is 37.8 Å². The van der Waals surface area contributed by atoms with Crippen molar-refractivity contribution in [1.29, 1.82) is 0 Å². The molecule has 18 heavy (non-hydrogen) atoms. The minimum Gasteiger partial charge on any atom is -0.298 e. The Morgan fingerprint density at radius 3 is 3.06 bits per heavy atom. The normalized spacial score (nSPS) is 21.1. The summed E-state index contributed by atoms with van der Waals surface area (Å²) in [6, 6.07) is 0. The molecule has 1 atom stereocenters. The van der Waals surface area contributed by atoms with E-state index >= 15 is 0 Å². The van der Waals surface area contributed by atoms with E-state index in [0.29, 0.717) is 24.7 Å². The molecule has 4 nitrogen and oxygen atoms in total. The monoisotopic (exact) mass is 249 g/mol. The van der Waals surface area contributed by atoms with Crippen molar-refractivity contribution in [3.63, 3.8) is 0 Å². The molecule has 4 heteroatoms. The van der Waals surface area contributed by atoms with Gasteiger partial charge in [0.25, 0.3) is 0 Å². The second-order valence-corrected chi connectivity index (χ2v) is 5.38. The Labute approximate surface area is 109 Å². The molecule has 1 fully saturated rings. The van der Waals surface area contributed by atoms with Crippen molar-refractivity contribution in [2.75, 3.05) is 19.6 Å². The van der Waals surface area contributed by atoms with Crippen LogP contribution >= 0.6 is 0 Å². The maximum atomic E-state index is 11.5. The fourth-order valence-corrected chi connectivity index (χ4v) is 2.64. The molecule has 100 valence electrons. The van der Waals surface area contributed by atoms with Crippen LogP contribution < -0.4 is 0 Å². The second-order valence-electron chi connectivity index (χ2n) is 5.38. The van der Waals surface area contributed by atoms with E-state index < -0.39 is 0 Å². The summed E-state index contributed by atoms with van der Waals surface area (Å²) in [4.78, 5) is 13.8. The van der Waals surface area contributed by atoms with Crippen LogP contribution in [0.3, 0.4) is 0 Å². The number of carbonyl (C=O) groups excluding carboxylic acids is 1. The first-order valence-electron chi connectivity index (χ1n) is 6.90. The number of aromatic nitrogens is 2. The largest absolute Gasteiger partial charge is 0.298 e. The van der Waals surface area contributed by atoms with Gasteiger partial charge in [0.05, 0.1) is 12.7 Å². The Balaban J connectivity index is 1.84. The standard InChI is InChI=1S/C14H23N3O/c1-3-14(18)11-16-6-4-5-13(9-16)10-17-8-12(2)7-15-17/h7-8,13H,3-6,9-11H2,1-2H3/t13-/m0/s1. The molecule has 0 unspecified atom stereocenters. The van der Waals surface area contributed by atoms with Crippen LogP contribution in [0.4, 0.5) is 0 Å². The van der Waals surface area contributed by atoms with E-state index in [0.717, 1.165) is 19.6 Å². The number of nitrogens with zero attached hydrogens (tertiary/aromatic N) is 3. The van der Waals surface area contributed by atoms with Crippen LogP contribution in [0.1, 0.15) is 31.7 Å². The van der Waals surface area contributed by atoms with Crippen molar-refractivity contribution in [3.05, 3.63) is 18.0 Å². The van der Waals surface area contributed by atoms with Gasteiger partial charge in [-0.2, -0.15) is 5.10 Å². The molecule has 1 aliphatic rings. The topological polar surface area (TPSA) is 38.1 Å². The molecule has 0 aliphatic carbocycles. The van der Waals surface area contributed by atoms with E-state index in [-0.39, 0.29) is 0 Å². The van der Waals surface area contributed by atoms with Crippen LogP contribution in [-0.2, 0) is 11.3 Å². The Hall–Kier alpha value is -1.16. The molecule has 0 amide bonds. The number of hydrogen-bond acceptors (Lipinski definition) is 3. The van der Waals surface area contributed by atoms with Crippen LogP contribution in [-0.4, -0.2) is 40.1 Å². The lowest BCUT2D eigenvalue weighted by molar-refractivity contribution is -0.120. The van der Waals surface area contributed by atoms with Crippen molar-refractivity contribution in [1.82, 2.24) is 14.7 Å². The molecule has 2 rings (SSSR count). The second kappa shape index (κ2) is 6.14. The first kappa shape index (κ1) is 13.3. The summed E-state index contributed by atoms with van der Waals surface area (Å²) in [5.74, 6) is 0.980. The highest BCUT2D eigenvalue weighted by atomic mass is 16.1. The van der Waals surface area contributed by atoms with Crippen LogP contribution in [0, 0.1) is 12.8 Å². The quantitative estimate of drug-likeness (QED) is 0.799. The maximum absolute atomic E-state index is 11.5. The van der Waals surface area contributed by atoms with E-state index in [1.807, 2.05) is 17.8 Å². The number of likely N-dealkylation sites (tertiary alicyclic amines) is 1. The molecular formula is C14H23N3O. The third kappa shape index (κ3) is 3.67. The van der Waals surface area contributed by atoms with Gasteiger partial charge in [0.2, 0.25) is 0 Å². The summed E-state index contributed by atoms with van der Waals surface area (Å²) in [6.07, 6.45) is 7.09. The van der Waals surface area contributed by atoms with Gasteiger partial charge >= 0.3 is 0 Å². The first-order valence-corrected chi connectivity index (χ1v) is 6.90. The first-order chi connectivity index (χ1) is 8.67. The summed E-state index contributed by atoms with van der Waals surface area (Å²) in [5.41, 5.74) is 1.21. The summed E-state index contributed by atoms with van der Waals surface area (Å²) in [6.45, 7) is 7.72. The van der Waals surface area contributed by atoms with E-state index in [4.69, 9.17) is 0 Å². The number of ketones is 1. The highest BCUT2D eigenvalue weighted by Gasteiger charge is 2.21. The zero-order valence-electron chi connectivity index (χ0n) is 11.4. The van der Waals surface area contributed by atoms with Gasteiger partial charge in [-0.25, -0.2) is 0 Å². The van der Waals surface area contributed by atoms with Gasteiger partial charge < -0.3 is 0 Å². The van der Waals surface area contributed by atoms with Crippen molar-refractivity contribution in [2.24, 2.45) is 5.92 Å². The van der Waals surface area contributed by atoms with Gasteiger partial charge in [-0.15, -0.1) is 0 Å². The smallest absolute Gasteiger partial charge is 0.146 e. The number of carbonyl (C=O) groups is 1. The molecule has 0 saturated carbocycles. The Morgan fingerprint density at radius 2 is 2.39 bits per heavy atom.